The normalized spacial score (nSPS) is 10.0. The number of hydrogen-bond acceptors (Lipinski definition) is 3. The fourth-order valence-corrected chi connectivity index (χ4v) is 1.34. The van der Waals surface area contributed by atoms with Gasteiger partial charge in [0.15, 0.2) is 5.82 Å². The highest BCUT2D eigenvalue weighted by molar-refractivity contribution is 9.10. The third-order valence-corrected chi connectivity index (χ3v) is 2.29. The lowest BCUT2D eigenvalue weighted by atomic mass is 10.3. The van der Waals surface area contributed by atoms with Gasteiger partial charge in [-0.1, -0.05) is 12.1 Å². The second-order valence-corrected chi connectivity index (χ2v) is 3.57. The van der Waals surface area contributed by atoms with Crippen molar-refractivity contribution in [1.82, 2.24) is 9.97 Å². The number of nitrogens with zero attached hydrogens (tertiary/aromatic N) is 2. The fraction of sp³-hybridized carbons (Fsp3) is 0. The van der Waals surface area contributed by atoms with E-state index in [0.717, 1.165) is 16.9 Å². The van der Waals surface area contributed by atoms with Crippen LogP contribution in [0.15, 0.2) is 41.1 Å². The Morgan fingerprint density at radius 2 is 1.80 bits per heavy atom. The van der Waals surface area contributed by atoms with E-state index in [1.165, 1.54) is 0 Å². The zero-order valence-corrected chi connectivity index (χ0v) is 9.11. The summed E-state index contributed by atoms with van der Waals surface area (Å²) in [7, 11) is 0. The Balaban J connectivity index is 2.22. The molecule has 0 aliphatic rings. The van der Waals surface area contributed by atoms with Crippen molar-refractivity contribution < 1.29 is 9.13 Å². The lowest BCUT2D eigenvalue weighted by Crippen LogP contribution is -1.92. The summed E-state index contributed by atoms with van der Waals surface area (Å²) >= 11 is 3.31. The molecule has 1 aromatic carbocycles. The van der Waals surface area contributed by atoms with Gasteiger partial charge in [-0.25, -0.2) is 14.4 Å². The van der Waals surface area contributed by atoms with E-state index in [0.29, 0.717) is 5.75 Å². The van der Waals surface area contributed by atoms with E-state index in [2.05, 4.69) is 25.9 Å². The molecule has 0 spiro atoms. The van der Waals surface area contributed by atoms with Gasteiger partial charge in [-0.3, -0.25) is 0 Å². The molecule has 0 aliphatic heterocycles. The molecule has 1 aromatic heterocycles. The van der Waals surface area contributed by atoms with Gasteiger partial charge in [0.2, 0.25) is 0 Å². The fourth-order valence-electron chi connectivity index (χ4n) is 0.979. The van der Waals surface area contributed by atoms with Gasteiger partial charge in [0, 0.05) is 0 Å². The number of aromatic nitrogens is 2. The quantitative estimate of drug-likeness (QED) is 0.839. The molecule has 0 unspecified atom stereocenters. The molecule has 0 bridgehead atoms. The van der Waals surface area contributed by atoms with Crippen molar-refractivity contribution in [1.29, 1.82) is 0 Å². The number of para-hydroxylation sites is 1. The van der Waals surface area contributed by atoms with Crippen LogP contribution in [0.1, 0.15) is 0 Å². The van der Waals surface area contributed by atoms with Crippen LogP contribution in [0.5, 0.6) is 11.8 Å². The van der Waals surface area contributed by atoms with E-state index in [-0.39, 0.29) is 6.01 Å². The molecule has 15 heavy (non-hydrogen) atoms. The first-order valence-electron chi connectivity index (χ1n) is 4.15. The third-order valence-electron chi connectivity index (χ3n) is 1.63. The van der Waals surface area contributed by atoms with E-state index in [1.807, 2.05) is 18.2 Å². The summed E-state index contributed by atoms with van der Waals surface area (Å²) in [5.41, 5.74) is 0. The van der Waals surface area contributed by atoms with Crippen molar-refractivity contribution in [3.8, 4) is 11.8 Å². The van der Waals surface area contributed by atoms with Crippen LogP contribution in [0, 0.1) is 5.82 Å². The van der Waals surface area contributed by atoms with Gasteiger partial charge in [0.05, 0.1) is 16.9 Å². The van der Waals surface area contributed by atoms with Gasteiger partial charge >= 0.3 is 6.01 Å². The van der Waals surface area contributed by atoms with E-state index < -0.39 is 5.82 Å². The summed E-state index contributed by atoms with van der Waals surface area (Å²) in [4.78, 5) is 7.37. The van der Waals surface area contributed by atoms with Crippen LogP contribution in [-0.4, -0.2) is 9.97 Å². The topological polar surface area (TPSA) is 35.0 Å². The Morgan fingerprint density at radius 1 is 1.13 bits per heavy atom. The average Bonchev–Trinajstić information content (AvgIpc) is 2.25. The maximum absolute atomic E-state index is 12.5. The maximum Gasteiger partial charge on any atom is 0.322 e. The van der Waals surface area contributed by atoms with Crippen molar-refractivity contribution in [3.63, 3.8) is 0 Å². The molecular weight excluding hydrogens is 263 g/mol. The Bertz CT molecular complexity index is 461. The zero-order valence-electron chi connectivity index (χ0n) is 7.52. The smallest absolute Gasteiger partial charge is 0.322 e. The predicted molar refractivity (Wildman–Crippen MR) is 56.2 cm³/mol. The molecule has 0 saturated heterocycles. The van der Waals surface area contributed by atoms with Crippen LogP contribution in [0.3, 0.4) is 0 Å². The monoisotopic (exact) mass is 268 g/mol. The highest BCUT2D eigenvalue weighted by atomic mass is 79.9. The molecule has 0 N–H and O–H groups in total. The van der Waals surface area contributed by atoms with Crippen molar-refractivity contribution in [2.24, 2.45) is 0 Å². The van der Waals surface area contributed by atoms with Gasteiger partial charge < -0.3 is 4.74 Å². The molecule has 0 atom stereocenters. The Hall–Kier alpha value is -1.49. The summed E-state index contributed by atoms with van der Waals surface area (Å²) in [5.74, 6) is 0.0959. The number of ether oxygens (including phenoxy) is 1. The minimum absolute atomic E-state index is 0.114. The van der Waals surface area contributed by atoms with E-state index >= 15 is 0 Å². The summed E-state index contributed by atoms with van der Waals surface area (Å²) in [6, 6.07) is 7.39. The Kier molecular flexibility index (Phi) is 2.91. The first-order chi connectivity index (χ1) is 7.25. The van der Waals surface area contributed by atoms with Gasteiger partial charge in [0.1, 0.15) is 5.75 Å². The van der Waals surface area contributed by atoms with Gasteiger partial charge in [-0.2, -0.15) is 0 Å². The molecule has 3 nitrogen and oxygen atoms in total. The van der Waals surface area contributed by atoms with Crippen LogP contribution in [0.25, 0.3) is 0 Å². The highest BCUT2D eigenvalue weighted by Crippen LogP contribution is 2.26. The summed E-state index contributed by atoms with van der Waals surface area (Å²) in [6.07, 6.45) is 2.11. The van der Waals surface area contributed by atoms with Crippen LogP contribution in [0.2, 0.25) is 0 Å². The number of hydrogen-bond donors (Lipinski definition) is 0. The van der Waals surface area contributed by atoms with E-state index in [9.17, 15) is 4.39 Å². The van der Waals surface area contributed by atoms with Gasteiger partial charge in [-0.15, -0.1) is 0 Å². The molecule has 76 valence electrons. The largest absolute Gasteiger partial charge is 0.423 e. The molecule has 0 radical (unpaired) electrons. The predicted octanol–water partition coefficient (Wildman–Crippen LogP) is 3.17. The molecule has 0 aliphatic carbocycles. The van der Waals surface area contributed by atoms with E-state index in [4.69, 9.17) is 4.74 Å². The third kappa shape index (κ3) is 2.50. The SMILES string of the molecule is Fc1cnc(Oc2ccccc2Br)nc1. The Labute approximate surface area is 94.1 Å². The molecule has 1 heterocycles. The summed E-state index contributed by atoms with van der Waals surface area (Å²) in [6.45, 7) is 0. The number of benzene rings is 1. The Morgan fingerprint density at radius 3 is 2.47 bits per heavy atom. The first-order valence-corrected chi connectivity index (χ1v) is 4.95. The van der Waals surface area contributed by atoms with Crippen LogP contribution >= 0.6 is 15.9 Å². The zero-order chi connectivity index (χ0) is 10.7. The second-order valence-electron chi connectivity index (χ2n) is 2.72. The lowest BCUT2D eigenvalue weighted by Gasteiger charge is -2.04. The van der Waals surface area contributed by atoms with E-state index in [1.54, 1.807) is 6.07 Å². The molecule has 0 saturated carbocycles. The minimum Gasteiger partial charge on any atom is -0.423 e. The van der Waals surface area contributed by atoms with Gasteiger partial charge in [-0.05, 0) is 28.1 Å². The van der Waals surface area contributed by atoms with Gasteiger partial charge in [0.25, 0.3) is 0 Å². The van der Waals surface area contributed by atoms with Crippen molar-refractivity contribution in [3.05, 3.63) is 46.9 Å². The molecule has 2 rings (SSSR count). The molecule has 0 amide bonds. The molecule has 0 fully saturated rings. The first kappa shape index (κ1) is 10.0. The van der Waals surface area contributed by atoms with Crippen molar-refractivity contribution >= 4 is 15.9 Å². The maximum atomic E-state index is 12.5. The number of rotatable bonds is 2. The molecule has 5 heteroatoms. The highest BCUT2D eigenvalue weighted by Gasteiger charge is 2.03. The standard InChI is InChI=1S/C10H6BrFN2O/c11-8-3-1-2-4-9(8)15-10-13-5-7(12)6-14-10/h1-6H. The summed E-state index contributed by atoms with van der Waals surface area (Å²) < 4.78 is 18.6. The van der Waals surface area contributed by atoms with Crippen LogP contribution < -0.4 is 4.74 Å². The molecular formula is C10H6BrFN2O. The minimum atomic E-state index is -0.491. The second kappa shape index (κ2) is 4.35. The average molecular weight is 269 g/mol. The van der Waals surface area contributed by atoms with Crippen LogP contribution in [0.4, 0.5) is 4.39 Å². The lowest BCUT2D eigenvalue weighted by molar-refractivity contribution is 0.434. The molecule has 2 aromatic rings. The number of halogens is 2. The summed E-state index contributed by atoms with van der Waals surface area (Å²) in [5, 5.41) is 0. The van der Waals surface area contributed by atoms with Crippen LogP contribution in [-0.2, 0) is 0 Å². The van der Waals surface area contributed by atoms with Crippen molar-refractivity contribution in [2.75, 3.05) is 0 Å². The van der Waals surface area contributed by atoms with Crippen molar-refractivity contribution in [2.45, 2.75) is 0 Å².